The van der Waals surface area contributed by atoms with Gasteiger partial charge in [0.25, 0.3) is 0 Å². The van der Waals surface area contributed by atoms with E-state index in [1.54, 1.807) is 7.05 Å². The lowest BCUT2D eigenvalue weighted by Crippen LogP contribution is -2.56. The Labute approximate surface area is 121 Å². The van der Waals surface area contributed by atoms with Gasteiger partial charge >= 0.3 is 0 Å². The molecule has 0 spiro atoms. The first kappa shape index (κ1) is 13.8. The van der Waals surface area contributed by atoms with Crippen molar-refractivity contribution in [1.29, 1.82) is 0 Å². The highest BCUT2D eigenvalue weighted by atomic mass is 127. The molecular weight excluding hydrogens is 341 g/mol. The molecule has 5 heteroatoms. The number of benzene rings is 1. The van der Waals surface area contributed by atoms with Crippen molar-refractivity contribution in [3.8, 4) is 0 Å². The summed E-state index contributed by atoms with van der Waals surface area (Å²) in [5.74, 6) is 0.0905. The number of hydrogen-bond donors (Lipinski definition) is 2. The Hall–Kier alpha value is -0.660. The zero-order valence-corrected chi connectivity index (χ0v) is 12.6. The summed E-state index contributed by atoms with van der Waals surface area (Å²) in [5.41, 5.74) is 1.26. The molecule has 1 saturated heterocycles. The average Bonchev–Trinajstić information content (AvgIpc) is 2.41. The first-order valence-electron chi connectivity index (χ1n) is 6.11. The van der Waals surface area contributed by atoms with Gasteiger partial charge in [-0.25, -0.2) is 0 Å². The Morgan fingerprint density at radius 2 is 2.22 bits per heavy atom. The lowest BCUT2D eigenvalue weighted by molar-refractivity contribution is -0.126. The number of nitrogens with zero attached hydrogens (tertiary/aromatic N) is 1. The summed E-state index contributed by atoms with van der Waals surface area (Å²) in [6.07, 6.45) is 0. The second-order valence-electron chi connectivity index (χ2n) is 4.43. The molecule has 1 atom stereocenters. The minimum absolute atomic E-state index is 0.0666. The summed E-state index contributed by atoms with van der Waals surface area (Å²) in [6.45, 7) is 3.41. The van der Waals surface area contributed by atoms with Gasteiger partial charge in [-0.05, 0) is 40.3 Å². The molecule has 98 valence electrons. The fourth-order valence-corrected chi connectivity index (χ4v) is 2.54. The molecular formula is C13H18IN3O. The van der Waals surface area contributed by atoms with Crippen LogP contribution in [-0.4, -0.2) is 43.5 Å². The van der Waals surface area contributed by atoms with E-state index in [-0.39, 0.29) is 11.9 Å². The number of piperazine rings is 1. The van der Waals surface area contributed by atoms with Gasteiger partial charge in [0.1, 0.15) is 6.04 Å². The lowest BCUT2D eigenvalue weighted by atomic mass is 10.1. The predicted octanol–water partition coefficient (Wildman–Crippen LogP) is 0.811. The summed E-state index contributed by atoms with van der Waals surface area (Å²) in [4.78, 5) is 14.1. The third kappa shape index (κ3) is 3.43. The van der Waals surface area contributed by atoms with Crippen LogP contribution >= 0.6 is 22.6 Å². The zero-order chi connectivity index (χ0) is 13.0. The number of nitrogens with one attached hydrogen (secondary N) is 2. The van der Waals surface area contributed by atoms with Crippen molar-refractivity contribution in [2.75, 3.05) is 26.7 Å². The summed E-state index contributed by atoms with van der Waals surface area (Å²) in [6, 6.07) is 8.40. The van der Waals surface area contributed by atoms with Gasteiger partial charge in [-0.2, -0.15) is 0 Å². The first-order chi connectivity index (χ1) is 8.70. The van der Waals surface area contributed by atoms with Crippen molar-refractivity contribution in [1.82, 2.24) is 15.5 Å². The van der Waals surface area contributed by atoms with Crippen molar-refractivity contribution in [2.45, 2.75) is 12.6 Å². The summed E-state index contributed by atoms with van der Waals surface area (Å²) in [7, 11) is 1.69. The van der Waals surface area contributed by atoms with Crippen LogP contribution in [0.2, 0.25) is 0 Å². The molecule has 1 fully saturated rings. The normalized spacial score (nSPS) is 20.7. The van der Waals surface area contributed by atoms with Gasteiger partial charge in [0.05, 0.1) is 0 Å². The van der Waals surface area contributed by atoms with Crippen LogP contribution in [0.3, 0.4) is 0 Å². The van der Waals surface area contributed by atoms with Crippen LogP contribution in [0.4, 0.5) is 0 Å². The predicted molar refractivity (Wildman–Crippen MR) is 80.3 cm³/mol. The van der Waals surface area contributed by atoms with Gasteiger partial charge in [0, 0.05) is 36.8 Å². The molecule has 0 radical (unpaired) electrons. The van der Waals surface area contributed by atoms with Crippen LogP contribution in [0, 0.1) is 3.57 Å². The maximum Gasteiger partial charge on any atom is 0.238 e. The SMILES string of the molecule is CNC(=O)C1CNCCN1Cc1ccc(I)cc1. The Morgan fingerprint density at radius 1 is 1.50 bits per heavy atom. The zero-order valence-electron chi connectivity index (χ0n) is 10.4. The van der Waals surface area contributed by atoms with E-state index in [1.807, 2.05) is 0 Å². The molecule has 0 aromatic heterocycles. The van der Waals surface area contributed by atoms with Gasteiger partial charge < -0.3 is 10.6 Å². The first-order valence-corrected chi connectivity index (χ1v) is 7.19. The number of rotatable bonds is 3. The maximum atomic E-state index is 11.8. The van der Waals surface area contributed by atoms with Crippen LogP contribution in [0.1, 0.15) is 5.56 Å². The van der Waals surface area contributed by atoms with Gasteiger partial charge in [0.15, 0.2) is 0 Å². The molecule has 18 heavy (non-hydrogen) atoms. The van der Waals surface area contributed by atoms with E-state index in [2.05, 4.69) is 62.4 Å². The van der Waals surface area contributed by atoms with E-state index < -0.39 is 0 Å². The Kier molecular flexibility index (Phi) is 4.96. The number of amides is 1. The molecule has 4 nitrogen and oxygen atoms in total. The van der Waals surface area contributed by atoms with Gasteiger partial charge in [-0.3, -0.25) is 9.69 Å². The van der Waals surface area contributed by atoms with E-state index in [0.29, 0.717) is 0 Å². The minimum atomic E-state index is -0.0666. The van der Waals surface area contributed by atoms with Crippen LogP contribution in [0.15, 0.2) is 24.3 Å². The highest BCUT2D eigenvalue weighted by molar-refractivity contribution is 14.1. The molecule has 0 bridgehead atoms. The fourth-order valence-electron chi connectivity index (χ4n) is 2.19. The standard InChI is InChI=1S/C13H18IN3O/c1-15-13(18)12-8-16-6-7-17(12)9-10-2-4-11(14)5-3-10/h2-5,12,16H,6-9H2,1H3,(H,15,18). The fraction of sp³-hybridized carbons (Fsp3) is 0.462. The van der Waals surface area contributed by atoms with Crippen molar-refractivity contribution >= 4 is 28.5 Å². The third-order valence-corrected chi connectivity index (χ3v) is 3.92. The largest absolute Gasteiger partial charge is 0.358 e. The number of hydrogen-bond acceptors (Lipinski definition) is 3. The number of carbonyl (C=O) groups is 1. The van der Waals surface area contributed by atoms with E-state index in [4.69, 9.17) is 0 Å². The monoisotopic (exact) mass is 359 g/mol. The van der Waals surface area contributed by atoms with Crippen LogP contribution in [-0.2, 0) is 11.3 Å². The molecule has 1 unspecified atom stereocenters. The van der Waals surface area contributed by atoms with E-state index in [0.717, 1.165) is 26.2 Å². The van der Waals surface area contributed by atoms with Crippen LogP contribution < -0.4 is 10.6 Å². The number of likely N-dealkylation sites (N-methyl/N-ethyl adjacent to an activating group) is 1. The smallest absolute Gasteiger partial charge is 0.238 e. The van der Waals surface area contributed by atoms with E-state index in [1.165, 1.54) is 9.13 Å². The molecule has 0 aliphatic carbocycles. The van der Waals surface area contributed by atoms with Crippen molar-refractivity contribution < 1.29 is 4.79 Å². The van der Waals surface area contributed by atoms with E-state index >= 15 is 0 Å². The summed E-state index contributed by atoms with van der Waals surface area (Å²) in [5, 5.41) is 6.01. The van der Waals surface area contributed by atoms with Crippen molar-refractivity contribution in [2.24, 2.45) is 0 Å². The molecule has 1 aromatic rings. The maximum absolute atomic E-state index is 11.8. The highest BCUT2D eigenvalue weighted by Gasteiger charge is 2.27. The van der Waals surface area contributed by atoms with Gasteiger partial charge in [-0.15, -0.1) is 0 Å². The Balaban J connectivity index is 2.05. The highest BCUT2D eigenvalue weighted by Crippen LogP contribution is 2.12. The Bertz CT molecular complexity index is 407. The molecule has 1 amide bonds. The molecule has 2 N–H and O–H groups in total. The second-order valence-corrected chi connectivity index (χ2v) is 5.68. The summed E-state index contributed by atoms with van der Waals surface area (Å²) >= 11 is 2.30. The van der Waals surface area contributed by atoms with Crippen molar-refractivity contribution in [3.63, 3.8) is 0 Å². The average molecular weight is 359 g/mol. The second kappa shape index (κ2) is 6.49. The van der Waals surface area contributed by atoms with Gasteiger partial charge in [0.2, 0.25) is 5.91 Å². The molecule has 1 aliphatic rings. The van der Waals surface area contributed by atoms with E-state index in [9.17, 15) is 4.79 Å². The summed E-state index contributed by atoms with van der Waals surface area (Å²) < 4.78 is 1.24. The molecule has 1 aliphatic heterocycles. The quantitative estimate of drug-likeness (QED) is 0.786. The third-order valence-electron chi connectivity index (χ3n) is 3.20. The van der Waals surface area contributed by atoms with Crippen molar-refractivity contribution in [3.05, 3.63) is 33.4 Å². The van der Waals surface area contributed by atoms with Crippen LogP contribution in [0.5, 0.6) is 0 Å². The molecule has 1 aromatic carbocycles. The van der Waals surface area contributed by atoms with Gasteiger partial charge in [-0.1, -0.05) is 12.1 Å². The molecule has 1 heterocycles. The van der Waals surface area contributed by atoms with Crippen LogP contribution in [0.25, 0.3) is 0 Å². The number of carbonyl (C=O) groups excluding carboxylic acids is 1. The Morgan fingerprint density at radius 3 is 2.89 bits per heavy atom. The minimum Gasteiger partial charge on any atom is -0.358 e. The molecule has 0 saturated carbocycles. The molecule has 2 rings (SSSR count). The topological polar surface area (TPSA) is 44.4 Å². The number of halogens is 1. The lowest BCUT2D eigenvalue weighted by Gasteiger charge is -2.34.